The lowest BCUT2D eigenvalue weighted by atomic mass is 9.85. The molecule has 1 fully saturated rings. The summed E-state index contributed by atoms with van der Waals surface area (Å²) >= 11 is 6.57. The predicted molar refractivity (Wildman–Crippen MR) is 114 cm³/mol. The molecular formula is C23H26ClNO6. The van der Waals surface area contributed by atoms with Crippen LogP contribution in [0.3, 0.4) is 0 Å². The van der Waals surface area contributed by atoms with Crippen LogP contribution in [0.2, 0.25) is 5.02 Å². The molecule has 3 heterocycles. The number of benzene rings is 2. The summed E-state index contributed by atoms with van der Waals surface area (Å²) in [5, 5.41) is 45.5. The number of halogens is 1. The zero-order chi connectivity index (χ0) is 21.9. The number of fused-ring (bicyclic) bond motifs is 3. The van der Waals surface area contributed by atoms with Gasteiger partial charge >= 0.3 is 0 Å². The monoisotopic (exact) mass is 447 g/mol. The second kappa shape index (κ2) is 7.71. The fourth-order valence-corrected chi connectivity index (χ4v) is 5.12. The van der Waals surface area contributed by atoms with E-state index in [-0.39, 0.29) is 6.61 Å². The Kier molecular flexibility index (Phi) is 5.26. The molecule has 0 bridgehead atoms. The van der Waals surface area contributed by atoms with Crippen LogP contribution >= 0.6 is 11.6 Å². The minimum Gasteiger partial charge on any atom is -0.391 e. The highest BCUT2D eigenvalue weighted by molar-refractivity contribution is 6.31. The lowest BCUT2D eigenvalue weighted by molar-refractivity contribution is -0.374. The molecular weight excluding hydrogens is 422 g/mol. The molecule has 31 heavy (non-hydrogen) atoms. The van der Waals surface area contributed by atoms with Crippen LogP contribution in [0, 0.1) is 0 Å². The average molecular weight is 448 g/mol. The Balaban J connectivity index is 1.52. The van der Waals surface area contributed by atoms with Gasteiger partial charge in [-0.1, -0.05) is 23.7 Å². The van der Waals surface area contributed by atoms with Crippen LogP contribution in [0.1, 0.15) is 34.7 Å². The van der Waals surface area contributed by atoms with Crippen molar-refractivity contribution in [2.75, 3.05) is 11.9 Å². The molecule has 6 atom stereocenters. The smallest absolute Gasteiger partial charge is 0.225 e. The van der Waals surface area contributed by atoms with Crippen LogP contribution in [-0.4, -0.2) is 57.5 Å². The maximum atomic E-state index is 10.8. The normalized spacial score (nSPS) is 32.6. The molecule has 1 saturated heterocycles. The van der Waals surface area contributed by atoms with Gasteiger partial charge in [0.05, 0.1) is 12.7 Å². The molecule has 2 aromatic carbocycles. The summed E-state index contributed by atoms with van der Waals surface area (Å²) in [4.78, 5) is 0. The molecule has 166 valence electrons. The third kappa shape index (κ3) is 3.36. The topological polar surface area (TPSA) is 111 Å². The van der Waals surface area contributed by atoms with Crippen molar-refractivity contribution >= 4 is 17.3 Å². The molecule has 5 rings (SSSR count). The van der Waals surface area contributed by atoms with E-state index in [1.165, 1.54) is 12.5 Å². The van der Waals surface area contributed by atoms with E-state index in [4.69, 9.17) is 21.1 Å². The Morgan fingerprint density at radius 1 is 1.16 bits per heavy atom. The van der Waals surface area contributed by atoms with E-state index in [0.717, 1.165) is 35.3 Å². The van der Waals surface area contributed by atoms with Crippen molar-refractivity contribution in [3.8, 4) is 0 Å². The Bertz CT molecular complexity index is 1010. The summed E-state index contributed by atoms with van der Waals surface area (Å²) < 4.78 is 11.8. The van der Waals surface area contributed by atoms with E-state index < -0.39 is 36.3 Å². The van der Waals surface area contributed by atoms with Crippen molar-refractivity contribution in [3.05, 3.63) is 63.2 Å². The van der Waals surface area contributed by atoms with Gasteiger partial charge in [0.2, 0.25) is 5.79 Å². The van der Waals surface area contributed by atoms with Gasteiger partial charge in [-0.2, -0.15) is 0 Å². The molecule has 0 unspecified atom stereocenters. The molecule has 0 saturated carbocycles. The fraction of sp³-hybridized carbons (Fsp3) is 0.478. The Morgan fingerprint density at radius 2 is 1.97 bits per heavy atom. The number of ether oxygens (including phenoxy) is 2. The Morgan fingerprint density at radius 3 is 2.74 bits per heavy atom. The molecule has 1 spiro atoms. The van der Waals surface area contributed by atoms with Gasteiger partial charge in [0, 0.05) is 22.8 Å². The van der Waals surface area contributed by atoms with Gasteiger partial charge in [0.25, 0.3) is 0 Å². The molecule has 2 aromatic rings. The molecule has 7 nitrogen and oxygen atoms in total. The Hall–Kier alpha value is -1.71. The maximum absolute atomic E-state index is 10.8. The first kappa shape index (κ1) is 21.2. The number of nitrogens with one attached hydrogen (secondary N) is 1. The number of aliphatic hydroxyl groups excluding tert-OH is 4. The highest BCUT2D eigenvalue weighted by Gasteiger charge is 2.59. The summed E-state index contributed by atoms with van der Waals surface area (Å²) in [5.41, 5.74) is 5.67. The van der Waals surface area contributed by atoms with E-state index in [2.05, 4.69) is 23.5 Å². The predicted octanol–water partition coefficient (Wildman–Crippen LogP) is 1.44. The summed E-state index contributed by atoms with van der Waals surface area (Å²) in [7, 11) is 0. The van der Waals surface area contributed by atoms with E-state index in [1.807, 2.05) is 6.07 Å². The molecule has 3 aliphatic heterocycles. The summed E-state index contributed by atoms with van der Waals surface area (Å²) in [6.07, 6.45) is -5.14. The van der Waals surface area contributed by atoms with Crippen LogP contribution in [0.5, 0.6) is 0 Å². The van der Waals surface area contributed by atoms with E-state index in [9.17, 15) is 20.4 Å². The first-order valence-electron chi connectivity index (χ1n) is 10.5. The van der Waals surface area contributed by atoms with Gasteiger partial charge in [-0.25, -0.2) is 0 Å². The highest BCUT2D eigenvalue weighted by Crippen LogP contribution is 2.47. The van der Waals surface area contributed by atoms with E-state index in [0.29, 0.717) is 17.0 Å². The van der Waals surface area contributed by atoms with Crippen LogP contribution in [0.25, 0.3) is 0 Å². The van der Waals surface area contributed by atoms with Gasteiger partial charge in [-0.15, -0.1) is 0 Å². The third-order valence-corrected chi connectivity index (χ3v) is 6.90. The number of aliphatic hydroxyl groups is 4. The fourth-order valence-electron chi connectivity index (χ4n) is 4.86. The second-order valence-corrected chi connectivity index (χ2v) is 9.06. The van der Waals surface area contributed by atoms with Crippen molar-refractivity contribution < 1.29 is 29.9 Å². The SMILES string of the molecule is C[C@@H](O)[C@H]1O[C@]2(OCc3cc(Cl)c(Cc4ccc5c(c4)CCN5)cc32)[C@H](O)[C@@H](O)[C@@H]1O. The van der Waals surface area contributed by atoms with E-state index >= 15 is 0 Å². The Labute approximate surface area is 185 Å². The molecule has 0 amide bonds. The molecule has 3 aliphatic rings. The van der Waals surface area contributed by atoms with Crippen molar-refractivity contribution in [3.63, 3.8) is 0 Å². The third-order valence-electron chi connectivity index (χ3n) is 6.55. The summed E-state index contributed by atoms with van der Waals surface area (Å²) in [6, 6.07) is 9.93. The average Bonchev–Trinajstić information content (AvgIpc) is 3.34. The number of anilines is 1. The van der Waals surface area contributed by atoms with Crippen LogP contribution < -0.4 is 5.32 Å². The molecule has 0 aromatic heterocycles. The van der Waals surface area contributed by atoms with Gasteiger partial charge in [0.15, 0.2) is 0 Å². The highest BCUT2D eigenvalue weighted by atomic mass is 35.5. The first-order valence-corrected chi connectivity index (χ1v) is 10.9. The zero-order valence-electron chi connectivity index (χ0n) is 17.1. The quantitative estimate of drug-likeness (QED) is 0.484. The largest absolute Gasteiger partial charge is 0.391 e. The number of rotatable bonds is 3. The lowest BCUT2D eigenvalue weighted by Gasteiger charge is -2.47. The summed E-state index contributed by atoms with van der Waals surface area (Å²) in [6.45, 7) is 2.52. The van der Waals surface area contributed by atoms with Gasteiger partial charge in [0.1, 0.15) is 24.4 Å². The number of hydrogen-bond donors (Lipinski definition) is 5. The zero-order valence-corrected chi connectivity index (χ0v) is 17.8. The minimum absolute atomic E-state index is 0.131. The minimum atomic E-state index is -1.68. The van der Waals surface area contributed by atoms with Gasteiger partial charge in [-0.05, 0) is 60.2 Å². The van der Waals surface area contributed by atoms with E-state index in [1.54, 1.807) is 6.07 Å². The van der Waals surface area contributed by atoms with Gasteiger partial charge < -0.3 is 35.2 Å². The van der Waals surface area contributed by atoms with Gasteiger partial charge in [-0.3, -0.25) is 0 Å². The van der Waals surface area contributed by atoms with Crippen molar-refractivity contribution in [2.45, 2.75) is 62.7 Å². The molecule has 5 N–H and O–H groups in total. The molecule has 8 heteroatoms. The van der Waals surface area contributed by atoms with Crippen LogP contribution in [0.4, 0.5) is 5.69 Å². The standard InChI is InChI=1S/C23H26ClNO6/c1-11(26)21-19(27)20(28)22(29)23(31-21)16-8-14(17(24)9-15(16)10-30-23)7-12-2-3-18-13(6-12)4-5-25-18/h2-3,6,8-9,11,19-22,25-29H,4-5,7,10H2,1H3/t11-,19+,20+,21-,22-,23+/m1/s1. The summed E-state index contributed by atoms with van der Waals surface area (Å²) in [5.74, 6) is -1.68. The molecule has 0 aliphatic carbocycles. The maximum Gasteiger partial charge on any atom is 0.225 e. The van der Waals surface area contributed by atoms with Crippen LogP contribution in [0.15, 0.2) is 30.3 Å². The number of hydrogen-bond acceptors (Lipinski definition) is 7. The lowest BCUT2D eigenvalue weighted by Crippen LogP contribution is -2.64. The van der Waals surface area contributed by atoms with Crippen molar-refractivity contribution in [1.29, 1.82) is 0 Å². The molecule has 0 radical (unpaired) electrons. The van der Waals surface area contributed by atoms with Crippen LogP contribution in [-0.2, 0) is 34.7 Å². The first-order chi connectivity index (χ1) is 14.8. The van der Waals surface area contributed by atoms with Crippen molar-refractivity contribution in [2.24, 2.45) is 0 Å². The van der Waals surface area contributed by atoms with Crippen molar-refractivity contribution in [1.82, 2.24) is 0 Å². The second-order valence-electron chi connectivity index (χ2n) is 8.65.